The SMILES string of the molecule is C1CCC2=NCCCN2CC1.CCOC(=O)c1cnco1. The van der Waals surface area contributed by atoms with E-state index in [0.29, 0.717) is 6.61 Å². The first-order chi connectivity index (χ1) is 10.3. The first-order valence-corrected chi connectivity index (χ1v) is 7.65. The number of hydrogen-bond donors (Lipinski definition) is 0. The van der Waals surface area contributed by atoms with Gasteiger partial charge in [-0.05, 0) is 26.2 Å². The van der Waals surface area contributed by atoms with Gasteiger partial charge in [-0.1, -0.05) is 6.42 Å². The summed E-state index contributed by atoms with van der Waals surface area (Å²) in [7, 11) is 0. The Hall–Kier alpha value is -1.85. The molecule has 3 heterocycles. The number of aromatic nitrogens is 1. The second kappa shape index (κ2) is 8.44. The number of aliphatic imine (C=N–C) groups is 1. The Kier molecular flexibility index (Phi) is 6.24. The molecule has 6 heteroatoms. The number of rotatable bonds is 2. The fourth-order valence-electron chi connectivity index (χ4n) is 2.46. The summed E-state index contributed by atoms with van der Waals surface area (Å²) in [6.45, 7) is 5.68. The minimum atomic E-state index is -0.472. The van der Waals surface area contributed by atoms with Gasteiger partial charge in [-0.25, -0.2) is 9.78 Å². The minimum Gasteiger partial charge on any atom is -0.460 e. The van der Waals surface area contributed by atoms with Gasteiger partial charge in [0, 0.05) is 26.1 Å². The molecule has 0 aliphatic carbocycles. The smallest absolute Gasteiger partial charge is 0.375 e. The van der Waals surface area contributed by atoms with Crippen molar-refractivity contribution in [3.05, 3.63) is 18.4 Å². The highest BCUT2D eigenvalue weighted by Crippen LogP contribution is 2.15. The van der Waals surface area contributed by atoms with Gasteiger partial charge in [0.2, 0.25) is 5.76 Å². The molecule has 1 aromatic heterocycles. The summed E-state index contributed by atoms with van der Waals surface area (Å²) in [5.74, 6) is 1.07. The zero-order valence-electron chi connectivity index (χ0n) is 12.6. The average molecular weight is 293 g/mol. The zero-order valence-corrected chi connectivity index (χ0v) is 12.6. The normalized spacial score (nSPS) is 17.8. The molecular formula is C15H23N3O3. The average Bonchev–Trinajstić information content (AvgIpc) is 2.94. The van der Waals surface area contributed by atoms with E-state index in [1.807, 2.05) is 0 Å². The maximum Gasteiger partial charge on any atom is 0.375 e. The lowest BCUT2D eigenvalue weighted by Crippen LogP contribution is -2.34. The van der Waals surface area contributed by atoms with E-state index in [-0.39, 0.29) is 5.76 Å². The van der Waals surface area contributed by atoms with Crippen molar-refractivity contribution in [2.24, 2.45) is 4.99 Å². The lowest BCUT2D eigenvalue weighted by molar-refractivity contribution is 0.0490. The molecule has 2 aliphatic rings. The molecule has 0 unspecified atom stereocenters. The van der Waals surface area contributed by atoms with Crippen molar-refractivity contribution in [1.29, 1.82) is 0 Å². The van der Waals surface area contributed by atoms with Gasteiger partial charge in [-0.15, -0.1) is 0 Å². The highest BCUT2D eigenvalue weighted by molar-refractivity contribution is 5.85. The maximum absolute atomic E-state index is 10.7. The van der Waals surface area contributed by atoms with E-state index in [1.54, 1.807) is 6.92 Å². The number of esters is 1. The van der Waals surface area contributed by atoms with Crippen LogP contribution in [0.15, 0.2) is 22.0 Å². The molecule has 0 amide bonds. The molecule has 1 fully saturated rings. The maximum atomic E-state index is 10.7. The molecule has 0 atom stereocenters. The Morgan fingerprint density at radius 2 is 2.19 bits per heavy atom. The number of carbonyl (C=O) groups is 1. The third-order valence-corrected chi connectivity index (χ3v) is 3.48. The molecule has 6 nitrogen and oxygen atoms in total. The Labute approximate surface area is 125 Å². The van der Waals surface area contributed by atoms with Crippen molar-refractivity contribution in [2.45, 2.75) is 39.0 Å². The number of nitrogens with zero attached hydrogens (tertiary/aromatic N) is 3. The van der Waals surface area contributed by atoms with Crippen LogP contribution >= 0.6 is 0 Å². The zero-order chi connectivity index (χ0) is 14.9. The van der Waals surface area contributed by atoms with Crippen LogP contribution in [0.5, 0.6) is 0 Å². The van der Waals surface area contributed by atoms with Crippen molar-refractivity contribution in [3.8, 4) is 0 Å². The van der Waals surface area contributed by atoms with Crippen LogP contribution in [-0.4, -0.2) is 47.9 Å². The van der Waals surface area contributed by atoms with E-state index >= 15 is 0 Å². The molecule has 0 N–H and O–H groups in total. The van der Waals surface area contributed by atoms with Crippen LogP contribution in [0.25, 0.3) is 0 Å². The summed E-state index contributed by atoms with van der Waals surface area (Å²) in [5, 5.41) is 0. The number of ether oxygens (including phenoxy) is 1. The highest BCUT2D eigenvalue weighted by Gasteiger charge is 2.16. The Morgan fingerprint density at radius 3 is 2.95 bits per heavy atom. The van der Waals surface area contributed by atoms with Crippen LogP contribution in [-0.2, 0) is 4.74 Å². The van der Waals surface area contributed by atoms with Crippen LogP contribution in [0, 0.1) is 0 Å². The molecule has 3 rings (SSSR count). The van der Waals surface area contributed by atoms with Gasteiger partial charge in [-0.3, -0.25) is 4.99 Å². The Balaban J connectivity index is 0.000000155. The molecule has 0 radical (unpaired) electrons. The van der Waals surface area contributed by atoms with Crippen molar-refractivity contribution < 1.29 is 13.9 Å². The summed E-state index contributed by atoms with van der Waals surface area (Å²) >= 11 is 0. The molecule has 0 spiro atoms. The highest BCUT2D eigenvalue weighted by atomic mass is 16.5. The van der Waals surface area contributed by atoms with E-state index in [1.165, 1.54) is 63.6 Å². The number of oxazole rings is 1. The van der Waals surface area contributed by atoms with Crippen LogP contribution < -0.4 is 0 Å². The minimum absolute atomic E-state index is 0.141. The summed E-state index contributed by atoms with van der Waals surface area (Å²) in [4.78, 5) is 21.3. The standard InChI is InChI=1S/C9H16N2.C6H7NO3/c1-2-5-9-10-6-4-8-11(9)7-3-1;1-2-9-6(8)5-3-7-4-10-5/h1-8H2;3-4H,2H2,1H3. The molecule has 1 saturated heterocycles. The topological polar surface area (TPSA) is 67.9 Å². The van der Waals surface area contributed by atoms with Gasteiger partial charge < -0.3 is 14.1 Å². The molecule has 2 aliphatic heterocycles. The summed E-state index contributed by atoms with van der Waals surface area (Å²) in [5.41, 5.74) is 0. The van der Waals surface area contributed by atoms with Crippen molar-refractivity contribution >= 4 is 11.8 Å². The first kappa shape index (κ1) is 15.5. The summed E-state index contributed by atoms with van der Waals surface area (Å²) < 4.78 is 9.28. The van der Waals surface area contributed by atoms with Gasteiger partial charge >= 0.3 is 5.97 Å². The fraction of sp³-hybridized carbons (Fsp3) is 0.667. The summed E-state index contributed by atoms with van der Waals surface area (Å²) in [6, 6.07) is 0. The molecular weight excluding hydrogens is 270 g/mol. The lowest BCUT2D eigenvalue weighted by atomic mass is 10.2. The molecule has 1 aromatic rings. The predicted octanol–water partition coefficient (Wildman–Crippen LogP) is 2.52. The van der Waals surface area contributed by atoms with Crippen molar-refractivity contribution in [2.75, 3.05) is 26.2 Å². The summed E-state index contributed by atoms with van der Waals surface area (Å²) in [6.07, 6.45) is 9.14. The molecule has 0 bridgehead atoms. The van der Waals surface area contributed by atoms with E-state index < -0.39 is 5.97 Å². The molecule has 0 saturated carbocycles. The van der Waals surface area contributed by atoms with E-state index in [0.717, 1.165) is 6.54 Å². The van der Waals surface area contributed by atoms with Gasteiger partial charge in [0.05, 0.1) is 18.6 Å². The van der Waals surface area contributed by atoms with Gasteiger partial charge in [0.15, 0.2) is 6.39 Å². The second-order valence-electron chi connectivity index (χ2n) is 5.04. The number of amidine groups is 1. The number of carbonyl (C=O) groups excluding carboxylic acids is 1. The van der Waals surface area contributed by atoms with E-state index in [9.17, 15) is 4.79 Å². The van der Waals surface area contributed by atoms with Crippen molar-refractivity contribution in [3.63, 3.8) is 0 Å². The number of hydrogen-bond acceptors (Lipinski definition) is 6. The Morgan fingerprint density at radius 1 is 1.33 bits per heavy atom. The third-order valence-electron chi connectivity index (χ3n) is 3.48. The molecule has 21 heavy (non-hydrogen) atoms. The first-order valence-electron chi connectivity index (χ1n) is 7.65. The quantitative estimate of drug-likeness (QED) is 0.784. The van der Waals surface area contributed by atoms with Crippen molar-refractivity contribution in [1.82, 2.24) is 9.88 Å². The van der Waals surface area contributed by atoms with Gasteiger partial charge in [-0.2, -0.15) is 0 Å². The fourth-order valence-corrected chi connectivity index (χ4v) is 2.46. The van der Waals surface area contributed by atoms with Crippen LogP contribution in [0.2, 0.25) is 0 Å². The van der Waals surface area contributed by atoms with Crippen LogP contribution in [0.1, 0.15) is 49.6 Å². The molecule has 0 aromatic carbocycles. The van der Waals surface area contributed by atoms with E-state index in [4.69, 9.17) is 0 Å². The van der Waals surface area contributed by atoms with Gasteiger partial charge in [0.25, 0.3) is 0 Å². The number of fused-ring (bicyclic) bond motifs is 1. The second-order valence-corrected chi connectivity index (χ2v) is 5.04. The largest absolute Gasteiger partial charge is 0.460 e. The van der Waals surface area contributed by atoms with Crippen LogP contribution in [0.4, 0.5) is 0 Å². The van der Waals surface area contributed by atoms with Crippen LogP contribution in [0.3, 0.4) is 0 Å². The van der Waals surface area contributed by atoms with Gasteiger partial charge in [0.1, 0.15) is 0 Å². The molecule has 116 valence electrons. The lowest BCUT2D eigenvalue weighted by Gasteiger charge is -2.27. The monoisotopic (exact) mass is 293 g/mol. The Bertz CT molecular complexity index is 457. The van der Waals surface area contributed by atoms with E-state index in [2.05, 4.69) is 24.0 Å². The predicted molar refractivity (Wildman–Crippen MR) is 79.4 cm³/mol. The third kappa shape index (κ3) is 4.88.